The van der Waals surface area contributed by atoms with Crippen molar-refractivity contribution in [1.82, 2.24) is 0 Å². The summed E-state index contributed by atoms with van der Waals surface area (Å²) in [6.45, 7) is 0.318. The van der Waals surface area contributed by atoms with Gasteiger partial charge in [0.05, 0.1) is 6.61 Å². The van der Waals surface area contributed by atoms with Crippen LogP contribution in [0.1, 0.15) is 44.1 Å². The number of nitrogen functional groups attached to an aromatic ring is 1. The molecule has 0 aliphatic carbocycles. The van der Waals surface area contributed by atoms with E-state index in [2.05, 4.69) is 10.8 Å². The highest BCUT2D eigenvalue weighted by Crippen LogP contribution is 2.12. The summed E-state index contributed by atoms with van der Waals surface area (Å²) in [6, 6.07) is 8.04. The zero-order valence-electron chi connectivity index (χ0n) is 11.3. The third-order valence-electron chi connectivity index (χ3n) is 3.04. The van der Waals surface area contributed by atoms with Crippen LogP contribution in [0.2, 0.25) is 0 Å². The molecule has 4 nitrogen and oxygen atoms in total. The molecule has 0 amide bonds. The Hall–Kier alpha value is -1.71. The molecule has 0 fully saturated rings. The predicted octanol–water partition coefficient (Wildman–Crippen LogP) is 3.85. The number of nitrogens with two attached hydrogens (primary N) is 1. The van der Waals surface area contributed by atoms with Gasteiger partial charge >= 0.3 is 6.16 Å². The first-order valence-corrected chi connectivity index (χ1v) is 6.88. The maximum Gasteiger partial charge on any atom is 0.505 e. The van der Waals surface area contributed by atoms with Gasteiger partial charge in [0.25, 0.3) is 0 Å². The average Bonchev–Trinajstić information content (AvgIpc) is 2.36. The van der Waals surface area contributed by atoms with E-state index >= 15 is 0 Å². The number of aryl methyl sites for hydroxylation is 1. The largest absolute Gasteiger partial charge is 0.505 e. The Kier molecular flexibility index (Phi) is 7.47. The normalized spacial score (nSPS) is 10.3. The van der Waals surface area contributed by atoms with Crippen LogP contribution in [0.25, 0.3) is 0 Å². The molecule has 0 atom stereocenters. The van der Waals surface area contributed by atoms with E-state index in [9.17, 15) is 4.79 Å². The first-order chi connectivity index (χ1) is 9.18. The molecule has 0 unspecified atom stereocenters. The molecule has 0 aromatic heterocycles. The van der Waals surface area contributed by atoms with Gasteiger partial charge < -0.3 is 15.6 Å². The van der Waals surface area contributed by atoms with Crippen LogP contribution in [-0.2, 0) is 11.2 Å². The van der Waals surface area contributed by atoms with Gasteiger partial charge in [-0.05, 0) is 37.0 Å². The van der Waals surface area contributed by atoms with E-state index in [0.29, 0.717) is 6.61 Å². The van der Waals surface area contributed by atoms with E-state index in [0.717, 1.165) is 31.4 Å². The van der Waals surface area contributed by atoms with Crippen molar-refractivity contribution < 1.29 is 14.6 Å². The van der Waals surface area contributed by atoms with E-state index in [4.69, 9.17) is 10.8 Å². The molecule has 0 saturated carbocycles. The lowest BCUT2D eigenvalue weighted by molar-refractivity contribution is 0.0899. The third-order valence-corrected chi connectivity index (χ3v) is 3.04. The van der Waals surface area contributed by atoms with Crippen LogP contribution >= 0.6 is 0 Å². The maximum atomic E-state index is 10.1. The minimum Gasteiger partial charge on any atom is -0.450 e. The van der Waals surface area contributed by atoms with Crippen molar-refractivity contribution >= 4 is 11.8 Å². The van der Waals surface area contributed by atoms with Crippen LogP contribution < -0.4 is 5.73 Å². The molecule has 1 aromatic carbocycles. The number of hydrogen-bond donors (Lipinski definition) is 2. The van der Waals surface area contributed by atoms with Crippen LogP contribution in [-0.4, -0.2) is 17.9 Å². The van der Waals surface area contributed by atoms with Crippen LogP contribution in [0, 0.1) is 0 Å². The van der Waals surface area contributed by atoms with Gasteiger partial charge in [0, 0.05) is 5.69 Å². The van der Waals surface area contributed by atoms with Gasteiger partial charge in [-0.15, -0.1) is 0 Å². The zero-order valence-corrected chi connectivity index (χ0v) is 11.3. The maximum absolute atomic E-state index is 10.1. The smallest absolute Gasteiger partial charge is 0.450 e. The second-order valence-corrected chi connectivity index (χ2v) is 4.73. The standard InChI is InChI=1S/C15H23NO3/c16-14-10-7-9-13(12-14)8-5-3-1-2-4-6-11-19-15(17)18/h7,9-10,12H,1-6,8,11,16H2,(H,17,18). The highest BCUT2D eigenvalue weighted by atomic mass is 16.7. The van der Waals surface area contributed by atoms with Gasteiger partial charge in [0.2, 0.25) is 0 Å². The Balaban J connectivity index is 1.93. The fraction of sp³-hybridized carbons (Fsp3) is 0.533. The fourth-order valence-electron chi connectivity index (χ4n) is 2.05. The molecule has 0 radical (unpaired) electrons. The minimum atomic E-state index is -1.18. The Morgan fingerprint density at radius 2 is 1.79 bits per heavy atom. The van der Waals surface area contributed by atoms with Crippen molar-refractivity contribution in [2.75, 3.05) is 12.3 Å². The van der Waals surface area contributed by atoms with E-state index in [1.54, 1.807) is 0 Å². The Morgan fingerprint density at radius 1 is 1.11 bits per heavy atom. The average molecular weight is 265 g/mol. The van der Waals surface area contributed by atoms with Gasteiger partial charge in [-0.2, -0.15) is 0 Å². The van der Waals surface area contributed by atoms with E-state index < -0.39 is 6.16 Å². The minimum absolute atomic E-state index is 0.318. The molecule has 0 bridgehead atoms. The van der Waals surface area contributed by atoms with Gasteiger partial charge in [0.1, 0.15) is 0 Å². The Bertz CT molecular complexity index is 379. The van der Waals surface area contributed by atoms with Crippen LogP contribution in [0.4, 0.5) is 10.5 Å². The lowest BCUT2D eigenvalue weighted by atomic mass is 10.0. The summed E-state index contributed by atoms with van der Waals surface area (Å²) in [5.74, 6) is 0. The molecular weight excluding hydrogens is 242 g/mol. The summed E-state index contributed by atoms with van der Waals surface area (Å²) in [7, 11) is 0. The van der Waals surface area contributed by atoms with Crippen molar-refractivity contribution in [3.8, 4) is 0 Å². The molecule has 0 saturated heterocycles. The van der Waals surface area contributed by atoms with Gasteiger partial charge in [-0.1, -0.05) is 37.8 Å². The number of benzene rings is 1. The number of carboxylic acid groups (broad SMARTS) is 1. The van der Waals surface area contributed by atoms with E-state index in [-0.39, 0.29) is 0 Å². The number of carbonyl (C=O) groups is 1. The fourth-order valence-corrected chi connectivity index (χ4v) is 2.05. The summed E-state index contributed by atoms with van der Waals surface area (Å²) in [4.78, 5) is 10.1. The number of rotatable bonds is 9. The molecule has 0 heterocycles. The van der Waals surface area contributed by atoms with Gasteiger partial charge in [-0.3, -0.25) is 0 Å². The molecule has 106 valence electrons. The monoisotopic (exact) mass is 265 g/mol. The summed E-state index contributed by atoms with van der Waals surface area (Å²) >= 11 is 0. The summed E-state index contributed by atoms with van der Waals surface area (Å²) < 4.78 is 4.44. The van der Waals surface area contributed by atoms with Crippen molar-refractivity contribution in [3.05, 3.63) is 29.8 Å². The molecule has 0 aliphatic rings. The predicted molar refractivity (Wildman–Crippen MR) is 76.2 cm³/mol. The second kappa shape index (κ2) is 9.25. The van der Waals surface area contributed by atoms with Crippen molar-refractivity contribution in [2.45, 2.75) is 44.9 Å². The first-order valence-electron chi connectivity index (χ1n) is 6.88. The Labute approximate surface area is 114 Å². The summed E-state index contributed by atoms with van der Waals surface area (Å²) in [6.07, 6.45) is 6.46. The zero-order chi connectivity index (χ0) is 13.9. The SMILES string of the molecule is Nc1cccc(CCCCCCCCOC(=O)O)c1. The van der Waals surface area contributed by atoms with Crippen molar-refractivity contribution in [1.29, 1.82) is 0 Å². The quantitative estimate of drug-likeness (QED) is 0.404. The van der Waals surface area contributed by atoms with Crippen LogP contribution in [0.15, 0.2) is 24.3 Å². The molecule has 0 spiro atoms. The topological polar surface area (TPSA) is 72.5 Å². The summed E-state index contributed by atoms with van der Waals surface area (Å²) in [5.41, 5.74) is 7.86. The van der Waals surface area contributed by atoms with Crippen LogP contribution in [0.3, 0.4) is 0 Å². The number of hydrogen-bond acceptors (Lipinski definition) is 3. The molecule has 19 heavy (non-hydrogen) atoms. The molecule has 1 aromatic rings. The molecule has 0 aliphatic heterocycles. The van der Waals surface area contributed by atoms with E-state index in [1.807, 2.05) is 18.2 Å². The lowest BCUT2D eigenvalue weighted by Gasteiger charge is -2.03. The molecule has 1 rings (SSSR count). The van der Waals surface area contributed by atoms with Crippen molar-refractivity contribution in [3.63, 3.8) is 0 Å². The van der Waals surface area contributed by atoms with E-state index in [1.165, 1.54) is 24.8 Å². The number of ether oxygens (including phenoxy) is 1. The highest BCUT2D eigenvalue weighted by Gasteiger charge is 1.97. The van der Waals surface area contributed by atoms with Gasteiger partial charge in [-0.25, -0.2) is 4.79 Å². The molecular formula is C15H23NO3. The first kappa shape index (κ1) is 15.3. The second-order valence-electron chi connectivity index (χ2n) is 4.73. The van der Waals surface area contributed by atoms with Crippen molar-refractivity contribution in [2.24, 2.45) is 0 Å². The molecule has 3 N–H and O–H groups in total. The van der Waals surface area contributed by atoms with Gasteiger partial charge in [0.15, 0.2) is 0 Å². The number of unbranched alkanes of at least 4 members (excludes halogenated alkanes) is 5. The molecule has 4 heteroatoms. The lowest BCUT2D eigenvalue weighted by Crippen LogP contribution is -2.01. The third kappa shape index (κ3) is 8.08. The summed E-state index contributed by atoms with van der Waals surface area (Å²) in [5, 5.41) is 8.28. The highest BCUT2D eigenvalue weighted by molar-refractivity contribution is 5.56. The Morgan fingerprint density at radius 3 is 2.47 bits per heavy atom. The van der Waals surface area contributed by atoms with Crippen LogP contribution in [0.5, 0.6) is 0 Å². The number of anilines is 1.